The van der Waals surface area contributed by atoms with Crippen molar-refractivity contribution in [1.82, 2.24) is 10.2 Å². The van der Waals surface area contributed by atoms with Crippen LogP contribution < -0.4 is 10.1 Å². The number of piperazine rings is 1. The lowest BCUT2D eigenvalue weighted by Gasteiger charge is -2.36. The summed E-state index contributed by atoms with van der Waals surface area (Å²) in [5.74, 6) is 0.992. The molecule has 1 heterocycles. The first kappa shape index (κ1) is 22.1. The third-order valence-electron chi connectivity index (χ3n) is 4.57. The largest absolute Gasteiger partial charge is 0.496 e. The summed E-state index contributed by atoms with van der Waals surface area (Å²) in [5.41, 5.74) is 1.99. The maximum Gasteiger partial charge on any atom is 0.389 e. The number of benzene rings is 1. The van der Waals surface area contributed by atoms with Crippen LogP contribution >= 0.6 is 12.4 Å². The first-order valence-corrected chi connectivity index (χ1v) is 8.51. The Balaban J connectivity index is 0.00000312. The van der Waals surface area contributed by atoms with Crippen molar-refractivity contribution in [2.45, 2.75) is 44.8 Å². The highest BCUT2D eigenvalue weighted by atomic mass is 35.5. The Labute approximate surface area is 154 Å². The molecule has 1 atom stereocenters. The van der Waals surface area contributed by atoms with Crippen LogP contribution in [0.15, 0.2) is 18.2 Å². The number of ether oxygens (including phenoxy) is 1. The summed E-state index contributed by atoms with van der Waals surface area (Å²) in [6.45, 7) is 7.26. The molecule has 0 bridgehead atoms. The monoisotopic (exact) mass is 380 g/mol. The number of hydrogen-bond donors (Lipinski definition) is 1. The minimum Gasteiger partial charge on any atom is -0.496 e. The van der Waals surface area contributed by atoms with E-state index in [1.807, 2.05) is 18.2 Å². The van der Waals surface area contributed by atoms with Gasteiger partial charge >= 0.3 is 6.18 Å². The molecule has 0 aromatic heterocycles. The zero-order chi connectivity index (χ0) is 17.7. The van der Waals surface area contributed by atoms with E-state index in [1.54, 1.807) is 7.11 Å². The van der Waals surface area contributed by atoms with E-state index in [1.165, 1.54) is 0 Å². The van der Waals surface area contributed by atoms with Crippen molar-refractivity contribution in [3.8, 4) is 5.75 Å². The summed E-state index contributed by atoms with van der Waals surface area (Å²) in [5, 5.41) is 3.26. The van der Waals surface area contributed by atoms with E-state index in [0.717, 1.165) is 37.3 Å². The third-order valence-corrected chi connectivity index (χ3v) is 4.57. The molecule has 1 N–H and O–H groups in total. The van der Waals surface area contributed by atoms with Gasteiger partial charge in [0, 0.05) is 44.2 Å². The van der Waals surface area contributed by atoms with Crippen LogP contribution in [0.5, 0.6) is 5.75 Å². The van der Waals surface area contributed by atoms with Gasteiger partial charge in [-0.2, -0.15) is 13.2 Å². The number of nitrogens with one attached hydrogen (secondary N) is 1. The third kappa shape index (κ3) is 6.35. The fourth-order valence-electron chi connectivity index (χ4n) is 3.20. The van der Waals surface area contributed by atoms with Gasteiger partial charge in [0.15, 0.2) is 0 Å². The van der Waals surface area contributed by atoms with Crippen LogP contribution in [0, 0.1) is 0 Å². The Bertz CT molecular complexity index is 532. The molecule has 2 rings (SSSR count). The van der Waals surface area contributed by atoms with Gasteiger partial charge in [-0.1, -0.05) is 26.0 Å². The first-order chi connectivity index (χ1) is 11.3. The van der Waals surface area contributed by atoms with Crippen molar-refractivity contribution in [3.63, 3.8) is 0 Å². The van der Waals surface area contributed by atoms with E-state index in [-0.39, 0.29) is 24.9 Å². The predicted molar refractivity (Wildman–Crippen MR) is 96.8 cm³/mol. The van der Waals surface area contributed by atoms with Crippen molar-refractivity contribution in [1.29, 1.82) is 0 Å². The lowest BCUT2D eigenvalue weighted by molar-refractivity contribution is -0.138. The van der Waals surface area contributed by atoms with Gasteiger partial charge in [-0.15, -0.1) is 12.4 Å². The summed E-state index contributed by atoms with van der Waals surface area (Å²) >= 11 is 0. The second kappa shape index (κ2) is 9.64. The Morgan fingerprint density at radius 1 is 1.20 bits per heavy atom. The zero-order valence-electron chi connectivity index (χ0n) is 15.0. The summed E-state index contributed by atoms with van der Waals surface area (Å²) in [7, 11) is 1.58. The van der Waals surface area contributed by atoms with Crippen LogP contribution in [0.1, 0.15) is 49.8 Å². The first-order valence-electron chi connectivity index (χ1n) is 8.51. The number of halogens is 4. The smallest absolute Gasteiger partial charge is 0.389 e. The highest BCUT2D eigenvalue weighted by molar-refractivity contribution is 5.85. The lowest BCUT2D eigenvalue weighted by atomic mass is 9.93. The van der Waals surface area contributed by atoms with E-state index >= 15 is 0 Å². The Hall–Kier alpha value is -0.980. The summed E-state index contributed by atoms with van der Waals surface area (Å²) in [4.78, 5) is 2.14. The molecular formula is C18H28ClF3N2O. The van der Waals surface area contributed by atoms with Gasteiger partial charge in [-0.05, 0) is 24.0 Å². The second-order valence-electron chi connectivity index (χ2n) is 6.61. The van der Waals surface area contributed by atoms with Crippen molar-refractivity contribution in [2.24, 2.45) is 0 Å². The van der Waals surface area contributed by atoms with Gasteiger partial charge in [0.2, 0.25) is 0 Å². The number of methoxy groups -OCH3 is 1. The molecule has 1 aromatic carbocycles. The van der Waals surface area contributed by atoms with Gasteiger partial charge < -0.3 is 10.1 Å². The van der Waals surface area contributed by atoms with E-state index in [2.05, 4.69) is 24.1 Å². The van der Waals surface area contributed by atoms with Gasteiger partial charge in [0.25, 0.3) is 0 Å². The fraction of sp³-hybridized carbons (Fsp3) is 0.667. The number of hydrogen-bond acceptors (Lipinski definition) is 3. The highest BCUT2D eigenvalue weighted by Crippen LogP contribution is 2.37. The maximum atomic E-state index is 12.8. The highest BCUT2D eigenvalue weighted by Gasteiger charge is 2.32. The summed E-state index contributed by atoms with van der Waals surface area (Å²) in [6.07, 6.45) is -4.87. The second-order valence-corrected chi connectivity index (χ2v) is 6.61. The minimum absolute atomic E-state index is 0. The van der Waals surface area contributed by atoms with Crippen molar-refractivity contribution < 1.29 is 17.9 Å². The average Bonchev–Trinajstić information content (AvgIpc) is 2.54. The molecule has 144 valence electrons. The Kier molecular flexibility index (Phi) is 8.51. The van der Waals surface area contributed by atoms with Crippen LogP contribution in [0.3, 0.4) is 0 Å². The van der Waals surface area contributed by atoms with Crippen molar-refractivity contribution >= 4 is 12.4 Å². The number of alkyl halides is 3. The van der Waals surface area contributed by atoms with E-state index in [0.29, 0.717) is 11.7 Å². The van der Waals surface area contributed by atoms with Crippen molar-refractivity contribution in [2.75, 3.05) is 33.3 Å². The Morgan fingerprint density at radius 2 is 1.84 bits per heavy atom. The molecule has 0 unspecified atom stereocenters. The van der Waals surface area contributed by atoms with Gasteiger partial charge in [-0.3, -0.25) is 4.90 Å². The standard InChI is InChI=1S/C18H27F3N2O.ClH/c1-13(2)14-4-5-17(24-3)15(12-14)16(6-7-18(19,20)21)23-10-8-22-9-11-23;/h4-5,12-13,16,22H,6-11H2,1-3H3;1H/t16-;/m0./s1. The molecular weight excluding hydrogens is 353 g/mol. The molecule has 1 fully saturated rings. The molecule has 1 saturated heterocycles. The molecule has 3 nitrogen and oxygen atoms in total. The van der Waals surface area contributed by atoms with Crippen LogP contribution in [-0.4, -0.2) is 44.4 Å². The van der Waals surface area contributed by atoms with Gasteiger partial charge in [0.1, 0.15) is 5.75 Å². The molecule has 1 aliphatic heterocycles. The number of rotatable bonds is 6. The van der Waals surface area contributed by atoms with Crippen LogP contribution in [-0.2, 0) is 0 Å². The molecule has 0 aliphatic carbocycles. The molecule has 1 aromatic rings. The molecule has 0 spiro atoms. The van der Waals surface area contributed by atoms with Crippen LogP contribution in [0.4, 0.5) is 13.2 Å². The molecule has 7 heteroatoms. The molecule has 0 radical (unpaired) electrons. The zero-order valence-corrected chi connectivity index (χ0v) is 15.8. The average molecular weight is 381 g/mol. The quantitative estimate of drug-likeness (QED) is 0.784. The molecule has 0 saturated carbocycles. The topological polar surface area (TPSA) is 24.5 Å². The lowest BCUT2D eigenvalue weighted by Crippen LogP contribution is -2.45. The minimum atomic E-state index is -4.14. The maximum absolute atomic E-state index is 12.8. The van der Waals surface area contributed by atoms with Gasteiger partial charge in [-0.25, -0.2) is 0 Å². The Morgan fingerprint density at radius 3 is 2.36 bits per heavy atom. The van der Waals surface area contributed by atoms with E-state index in [4.69, 9.17) is 4.74 Å². The molecule has 1 aliphatic rings. The molecule has 0 amide bonds. The van der Waals surface area contributed by atoms with Crippen LogP contribution in [0.25, 0.3) is 0 Å². The number of nitrogens with zero attached hydrogens (tertiary/aromatic N) is 1. The van der Waals surface area contributed by atoms with Crippen molar-refractivity contribution in [3.05, 3.63) is 29.3 Å². The normalized spacial score (nSPS) is 17.2. The van der Waals surface area contributed by atoms with E-state index < -0.39 is 12.6 Å². The summed E-state index contributed by atoms with van der Waals surface area (Å²) < 4.78 is 43.9. The van der Waals surface area contributed by atoms with E-state index in [9.17, 15) is 13.2 Å². The van der Waals surface area contributed by atoms with Gasteiger partial charge in [0.05, 0.1) is 7.11 Å². The summed E-state index contributed by atoms with van der Waals surface area (Å²) in [6, 6.07) is 5.62. The molecule has 25 heavy (non-hydrogen) atoms. The SMILES string of the molecule is COc1ccc(C(C)C)cc1[C@H](CCC(F)(F)F)N1CCNCC1.Cl. The van der Waals surface area contributed by atoms with Crippen LogP contribution in [0.2, 0.25) is 0 Å². The predicted octanol–water partition coefficient (Wildman–Crippen LogP) is 4.53. The fourth-order valence-corrected chi connectivity index (χ4v) is 3.20.